The minimum atomic E-state index is 0.435. The van der Waals surface area contributed by atoms with E-state index in [2.05, 4.69) is 36.1 Å². The van der Waals surface area contributed by atoms with Crippen LogP contribution in [0.5, 0.6) is 11.8 Å². The predicted octanol–water partition coefficient (Wildman–Crippen LogP) is 2.41. The molecule has 19 heavy (non-hydrogen) atoms. The van der Waals surface area contributed by atoms with Crippen molar-refractivity contribution in [3.05, 3.63) is 11.9 Å². The minimum Gasteiger partial charge on any atom is -0.481 e. The first-order valence-corrected chi connectivity index (χ1v) is 6.83. The van der Waals surface area contributed by atoms with Gasteiger partial charge in [0.05, 0.1) is 19.8 Å². The van der Waals surface area contributed by atoms with E-state index in [1.165, 1.54) is 19.2 Å². The normalized spacial score (nSPS) is 12.5. The average molecular weight is 267 g/mol. The standard InChI is InChI=1S/C14H25N3O2/c1-6-11(7-2)10(3)15-8-12-13(18-4)16-9-17-14(12)19-5/h9-11,15H,6-8H2,1-5H3. The molecule has 5 nitrogen and oxygen atoms in total. The number of nitrogens with zero attached hydrogens (tertiary/aromatic N) is 2. The van der Waals surface area contributed by atoms with Crippen LogP contribution in [-0.4, -0.2) is 30.2 Å². The van der Waals surface area contributed by atoms with E-state index in [0.717, 1.165) is 5.56 Å². The Kier molecular flexibility index (Phi) is 6.56. The zero-order valence-electron chi connectivity index (χ0n) is 12.6. The van der Waals surface area contributed by atoms with Gasteiger partial charge in [-0.3, -0.25) is 0 Å². The molecule has 1 heterocycles. The van der Waals surface area contributed by atoms with Crippen LogP contribution in [0.4, 0.5) is 0 Å². The summed E-state index contributed by atoms with van der Waals surface area (Å²) >= 11 is 0. The van der Waals surface area contributed by atoms with Crippen molar-refractivity contribution in [1.82, 2.24) is 15.3 Å². The lowest BCUT2D eigenvalue weighted by Gasteiger charge is -2.23. The van der Waals surface area contributed by atoms with E-state index in [0.29, 0.717) is 30.3 Å². The molecule has 0 aromatic carbocycles. The summed E-state index contributed by atoms with van der Waals surface area (Å²) in [6, 6.07) is 0.435. The molecule has 0 saturated carbocycles. The number of methoxy groups -OCH3 is 2. The summed E-state index contributed by atoms with van der Waals surface area (Å²) in [5.74, 6) is 1.80. The van der Waals surface area contributed by atoms with Crippen LogP contribution in [0.3, 0.4) is 0 Å². The van der Waals surface area contributed by atoms with Gasteiger partial charge in [-0.05, 0) is 12.8 Å². The molecule has 0 radical (unpaired) electrons. The molecule has 1 rings (SSSR count). The number of aromatic nitrogens is 2. The number of hydrogen-bond donors (Lipinski definition) is 1. The van der Waals surface area contributed by atoms with Crippen LogP contribution in [0.1, 0.15) is 39.2 Å². The Morgan fingerprint density at radius 1 is 1.11 bits per heavy atom. The van der Waals surface area contributed by atoms with Crippen molar-refractivity contribution >= 4 is 0 Å². The highest BCUT2D eigenvalue weighted by molar-refractivity contribution is 5.34. The molecule has 0 bridgehead atoms. The SMILES string of the molecule is CCC(CC)C(C)NCc1c(OC)ncnc1OC. The lowest BCUT2D eigenvalue weighted by atomic mass is 9.95. The molecule has 0 spiro atoms. The molecule has 1 atom stereocenters. The summed E-state index contributed by atoms with van der Waals surface area (Å²) in [6.07, 6.45) is 3.79. The summed E-state index contributed by atoms with van der Waals surface area (Å²) in [6.45, 7) is 7.30. The zero-order chi connectivity index (χ0) is 14.3. The van der Waals surface area contributed by atoms with Crippen molar-refractivity contribution in [3.63, 3.8) is 0 Å². The molecule has 0 saturated heterocycles. The summed E-state index contributed by atoms with van der Waals surface area (Å²) in [7, 11) is 3.21. The third-order valence-electron chi connectivity index (χ3n) is 3.61. The third-order valence-corrected chi connectivity index (χ3v) is 3.61. The smallest absolute Gasteiger partial charge is 0.224 e. The fourth-order valence-electron chi connectivity index (χ4n) is 2.31. The van der Waals surface area contributed by atoms with Crippen molar-refractivity contribution in [2.24, 2.45) is 5.92 Å². The van der Waals surface area contributed by atoms with Gasteiger partial charge in [0.25, 0.3) is 0 Å². The molecule has 0 aliphatic heterocycles. The van der Waals surface area contributed by atoms with E-state index in [4.69, 9.17) is 9.47 Å². The van der Waals surface area contributed by atoms with Crippen molar-refractivity contribution in [2.75, 3.05) is 14.2 Å². The van der Waals surface area contributed by atoms with Gasteiger partial charge in [-0.25, -0.2) is 9.97 Å². The summed E-state index contributed by atoms with van der Waals surface area (Å²) in [5.41, 5.74) is 0.866. The summed E-state index contributed by atoms with van der Waals surface area (Å²) < 4.78 is 10.5. The monoisotopic (exact) mass is 267 g/mol. The van der Waals surface area contributed by atoms with Crippen LogP contribution in [0.2, 0.25) is 0 Å². The van der Waals surface area contributed by atoms with E-state index in [1.807, 2.05) is 0 Å². The Morgan fingerprint density at radius 2 is 1.63 bits per heavy atom. The minimum absolute atomic E-state index is 0.435. The van der Waals surface area contributed by atoms with Gasteiger partial charge in [0, 0.05) is 12.6 Å². The van der Waals surface area contributed by atoms with Gasteiger partial charge >= 0.3 is 0 Å². The first kappa shape index (κ1) is 15.7. The Hall–Kier alpha value is -1.36. The Balaban J connectivity index is 2.76. The number of rotatable bonds is 8. The van der Waals surface area contributed by atoms with Crippen LogP contribution >= 0.6 is 0 Å². The molecule has 0 aliphatic carbocycles. The lowest BCUT2D eigenvalue weighted by molar-refractivity contribution is 0.333. The molecule has 1 aromatic heterocycles. The van der Waals surface area contributed by atoms with Gasteiger partial charge in [-0.1, -0.05) is 26.7 Å². The van der Waals surface area contributed by atoms with Crippen LogP contribution in [0, 0.1) is 5.92 Å². The van der Waals surface area contributed by atoms with Gasteiger partial charge in [0.1, 0.15) is 6.33 Å². The molecule has 108 valence electrons. The maximum absolute atomic E-state index is 5.26. The lowest BCUT2D eigenvalue weighted by Crippen LogP contribution is -2.32. The number of hydrogen-bond acceptors (Lipinski definition) is 5. The van der Waals surface area contributed by atoms with Gasteiger partial charge < -0.3 is 14.8 Å². The molecule has 1 unspecified atom stereocenters. The highest BCUT2D eigenvalue weighted by atomic mass is 16.5. The molecular formula is C14H25N3O2. The number of ether oxygens (including phenoxy) is 2. The van der Waals surface area contributed by atoms with Gasteiger partial charge in [-0.15, -0.1) is 0 Å². The predicted molar refractivity (Wildman–Crippen MR) is 75.5 cm³/mol. The van der Waals surface area contributed by atoms with Crippen LogP contribution in [-0.2, 0) is 6.54 Å². The van der Waals surface area contributed by atoms with E-state index in [-0.39, 0.29) is 0 Å². The molecule has 1 N–H and O–H groups in total. The van der Waals surface area contributed by atoms with Crippen LogP contribution < -0.4 is 14.8 Å². The van der Waals surface area contributed by atoms with Crippen molar-refractivity contribution in [1.29, 1.82) is 0 Å². The van der Waals surface area contributed by atoms with E-state index >= 15 is 0 Å². The van der Waals surface area contributed by atoms with E-state index in [9.17, 15) is 0 Å². The van der Waals surface area contributed by atoms with Crippen molar-refractivity contribution in [2.45, 2.75) is 46.2 Å². The highest BCUT2D eigenvalue weighted by Gasteiger charge is 2.17. The first-order chi connectivity index (χ1) is 9.17. The second-order valence-electron chi connectivity index (χ2n) is 4.62. The molecule has 5 heteroatoms. The van der Waals surface area contributed by atoms with Crippen LogP contribution in [0.25, 0.3) is 0 Å². The van der Waals surface area contributed by atoms with Crippen molar-refractivity contribution in [3.8, 4) is 11.8 Å². The maximum Gasteiger partial charge on any atom is 0.224 e. The molecule has 0 aliphatic rings. The fraction of sp³-hybridized carbons (Fsp3) is 0.714. The fourth-order valence-corrected chi connectivity index (χ4v) is 2.31. The Labute approximate surface area is 115 Å². The largest absolute Gasteiger partial charge is 0.481 e. The molecule has 0 amide bonds. The van der Waals surface area contributed by atoms with Gasteiger partial charge in [0.2, 0.25) is 11.8 Å². The molecule has 1 aromatic rings. The third kappa shape index (κ3) is 4.06. The van der Waals surface area contributed by atoms with Crippen LogP contribution in [0.15, 0.2) is 6.33 Å². The Morgan fingerprint density at radius 3 is 2.05 bits per heavy atom. The second kappa shape index (κ2) is 7.94. The average Bonchev–Trinajstić information content (AvgIpc) is 2.45. The number of nitrogens with one attached hydrogen (secondary N) is 1. The second-order valence-corrected chi connectivity index (χ2v) is 4.62. The zero-order valence-corrected chi connectivity index (χ0v) is 12.6. The van der Waals surface area contributed by atoms with E-state index < -0.39 is 0 Å². The molecule has 0 fully saturated rings. The maximum atomic E-state index is 5.26. The summed E-state index contributed by atoms with van der Waals surface area (Å²) in [4.78, 5) is 8.23. The van der Waals surface area contributed by atoms with Crippen molar-refractivity contribution < 1.29 is 9.47 Å². The van der Waals surface area contributed by atoms with Gasteiger partial charge in [-0.2, -0.15) is 0 Å². The van der Waals surface area contributed by atoms with E-state index in [1.54, 1.807) is 14.2 Å². The molecular weight excluding hydrogens is 242 g/mol. The Bertz CT molecular complexity index is 359. The highest BCUT2D eigenvalue weighted by Crippen LogP contribution is 2.23. The van der Waals surface area contributed by atoms with Gasteiger partial charge in [0.15, 0.2) is 0 Å². The first-order valence-electron chi connectivity index (χ1n) is 6.83. The topological polar surface area (TPSA) is 56.3 Å². The summed E-state index contributed by atoms with van der Waals surface area (Å²) in [5, 5.41) is 3.51. The quantitative estimate of drug-likeness (QED) is 0.784.